The number of benzene rings is 1. The number of thiazole rings is 1. The normalized spacial score (nSPS) is 22.5. The maximum Gasteiger partial charge on any atom is 0.303 e. The van der Waals surface area contributed by atoms with Crippen LogP contribution in [-0.2, 0) is 17.6 Å². The van der Waals surface area contributed by atoms with Crippen LogP contribution >= 0.6 is 22.9 Å². The number of rotatable bonds is 5. The summed E-state index contributed by atoms with van der Waals surface area (Å²) in [5.74, 6) is 0.378. The third kappa shape index (κ3) is 4.58. The zero-order valence-corrected chi connectivity index (χ0v) is 17.6. The van der Waals surface area contributed by atoms with E-state index in [1.165, 1.54) is 16.1 Å². The fourth-order valence-electron chi connectivity index (χ4n) is 4.52. The summed E-state index contributed by atoms with van der Waals surface area (Å²) in [6, 6.07) is 4.37. The van der Waals surface area contributed by atoms with E-state index < -0.39 is 5.97 Å². The Hall–Kier alpha value is -1.43. The highest BCUT2D eigenvalue weighted by Crippen LogP contribution is 2.40. The second kappa shape index (κ2) is 8.93. The van der Waals surface area contributed by atoms with Crippen LogP contribution in [-0.4, -0.2) is 29.1 Å². The highest BCUT2D eigenvalue weighted by molar-refractivity contribution is 7.10. The van der Waals surface area contributed by atoms with Crippen LogP contribution in [0.4, 0.5) is 0 Å². The molecule has 2 aliphatic rings. The van der Waals surface area contributed by atoms with Crippen molar-refractivity contribution in [2.24, 2.45) is 5.92 Å². The van der Waals surface area contributed by atoms with Gasteiger partial charge in [-0.15, -0.1) is 11.3 Å². The first-order valence-corrected chi connectivity index (χ1v) is 11.6. The number of aliphatic carboxylic acids is 1. The Morgan fingerprint density at radius 2 is 1.89 bits per heavy atom. The third-order valence-electron chi connectivity index (χ3n) is 6.19. The van der Waals surface area contributed by atoms with Crippen molar-refractivity contribution in [1.29, 1.82) is 0 Å². The second-order valence-electron chi connectivity index (χ2n) is 8.07. The van der Waals surface area contributed by atoms with Gasteiger partial charge in [-0.2, -0.15) is 0 Å². The molecule has 2 aromatic rings. The lowest BCUT2D eigenvalue weighted by Gasteiger charge is -2.26. The maximum absolute atomic E-state index is 10.8. The van der Waals surface area contributed by atoms with Crippen molar-refractivity contribution in [2.75, 3.05) is 13.1 Å². The van der Waals surface area contributed by atoms with E-state index in [1.807, 2.05) is 0 Å². The Bertz CT molecular complexity index is 843. The standard InChI is InChI=1S/C22H27ClN2O2S/c23-19-12-17-8-10-24-9-7-16(17)11-18(19)20-13-28-22(25-20)15-4-1-14(2-5-15)3-6-21(26)27/h11-15,24H,1-10H2,(H,26,27)/t14-,15-. The third-order valence-corrected chi connectivity index (χ3v) is 7.51. The summed E-state index contributed by atoms with van der Waals surface area (Å²) in [6.07, 6.45) is 7.62. The van der Waals surface area contributed by atoms with E-state index in [1.54, 1.807) is 11.3 Å². The number of nitrogens with zero attached hydrogens (tertiary/aromatic N) is 1. The highest BCUT2D eigenvalue weighted by atomic mass is 35.5. The maximum atomic E-state index is 10.8. The molecule has 1 aromatic carbocycles. The summed E-state index contributed by atoms with van der Waals surface area (Å²) in [4.78, 5) is 15.7. The van der Waals surface area contributed by atoms with Crippen LogP contribution < -0.4 is 5.32 Å². The molecule has 1 saturated carbocycles. The van der Waals surface area contributed by atoms with E-state index in [0.717, 1.165) is 74.3 Å². The number of halogens is 1. The first-order valence-electron chi connectivity index (χ1n) is 10.3. The molecule has 0 amide bonds. The monoisotopic (exact) mass is 418 g/mol. The molecule has 2 N–H and O–H groups in total. The van der Waals surface area contributed by atoms with Gasteiger partial charge in [0, 0.05) is 23.3 Å². The lowest BCUT2D eigenvalue weighted by molar-refractivity contribution is -0.137. The summed E-state index contributed by atoms with van der Waals surface area (Å²) in [7, 11) is 0. The Morgan fingerprint density at radius 3 is 2.61 bits per heavy atom. The Morgan fingerprint density at radius 1 is 1.18 bits per heavy atom. The quantitative estimate of drug-likeness (QED) is 0.692. The molecule has 150 valence electrons. The summed E-state index contributed by atoms with van der Waals surface area (Å²) >= 11 is 8.36. The minimum absolute atomic E-state index is 0.295. The van der Waals surface area contributed by atoms with Gasteiger partial charge in [0.05, 0.1) is 15.7 Å². The molecule has 1 fully saturated rings. The van der Waals surface area contributed by atoms with Gasteiger partial charge < -0.3 is 10.4 Å². The fourth-order valence-corrected chi connectivity index (χ4v) is 5.79. The average molecular weight is 419 g/mol. The van der Waals surface area contributed by atoms with Crippen LogP contribution in [0.5, 0.6) is 0 Å². The minimum atomic E-state index is -0.680. The highest BCUT2D eigenvalue weighted by Gasteiger charge is 2.25. The lowest BCUT2D eigenvalue weighted by Crippen LogP contribution is -2.16. The number of hydrogen-bond acceptors (Lipinski definition) is 4. The van der Waals surface area contributed by atoms with Crippen molar-refractivity contribution in [1.82, 2.24) is 10.3 Å². The van der Waals surface area contributed by atoms with E-state index in [0.29, 0.717) is 18.3 Å². The van der Waals surface area contributed by atoms with Gasteiger partial charge in [-0.25, -0.2) is 4.98 Å². The molecule has 0 bridgehead atoms. The summed E-state index contributed by atoms with van der Waals surface area (Å²) in [5.41, 5.74) is 4.80. The van der Waals surface area contributed by atoms with Crippen LogP contribution in [0.2, 0.25) is 5.02 Å². The average Bonchev–Trinajstić information content (AvgIpc) is 3.06. The van der Waals surface area contributed by atoms with E-state index in [4.69, 9.17) is 21.7 Å². The molecule has 4 rings (SSSR count). The van der Waals surface area contributed by atoms with Gasteiger partial charge in [-0.1, -0.05) is 11.6 Å². The van der Waals surface area contributed by atoms with E-state index in [2.05, 4.69) is 22.8 Å². The number of carboxylic acids is 1. The Balaban J connectivity index is 1.45. The lowest BCUT2D eigenvalue weighted by atomic mass is 9.80. The predicted molar refractivity (Wildman–Crippen MR) is 114 cm³/mol. The van der Waals surface area contributed by atoms with Crippen molar-refractivity contribution in [3.8, 4) is 11.3 Å². The van der Waals surface area contributed by atoms with Crippen LogP contribution in [0.3, 0.4) is 0 Å². The van der Waals surface area contributed by atoms with Crippen molar-refractivity contribution in [3.05, 3.63) is 38.7 Å². The number of carboxylic acid groups (broad SMARTS) is 1. The van der Waals surface area contributed by atoms with Crippen molar-refractivity contribution in [3.63, 3.8) is 0 Å². The molecule has 0 atom stereocenters. The molecular weight excluding hydrogens is 392 g/mol. The minimum Gasteiger partial charge on any atom is -0.481 e. The predicted octanol–water partition coefficient (Wildman–Crippen LogP) is 5.29. The van der Waals surface area contributed by atoms with Crippen molar-refractivity contribution in [2.45, 2.75) is 57.3 Å². The van der Waals surface area contributed by atoms with Crippen molar-refractivity contribution >= 4 is 28.9 Å². The van der Waals surface area contributed by atoms with E-state index in [9.17, 15) is 4.79 Å². The molecule has 28 heavy (non-hydrogen) atoms. The largest absolute Gasteiger partial charge is 0.481 e. The fraction of sp³-hybridized carbons (Fsp3) is 0.545. The molecule has 1 aromatic heterocycles. The van der Waals surface area contributed by atoms with Gasteiger partial charge in [0.1, 0.15) is 0 Å². The molecule has 1 aliphatic heterocycles. The number of carbonyl (C=O) groups is 1. The topological polar surface area (TPSA) is 62.2 Å². The molecule has 1 aliphatic carbocycles. The Kier molecular flexibility index (Phi) is 6.34. The van der Waals surface area contributed by atoms with Gasteiger partial charge in [-0.05, 0) is 87.2 Å². The van der Waals surface area contributed by atoms with Crippen LogP contribution in [0.1, 0.15) is 60.6 Å². The van der Waals surface area contributed by atoms with Gasteiger partial charge in [0.15, 0.2) is 0 Å². The number of hydrogen-bond donors (Lipinski definition) is 2. The Labute approximate surface area is 175 Å². The SMILES string of the molecule is O=C(O)CC[C@H]1CC[C@H](c2nc(-c3cc4c(cc3Cl)CCNCC4)cs2)CC1. The van der Waals surface area contributed by atoms with E-state index >= 15 is 0 Å². The second-order valence-corrected chi connectivity index (χ2v) is 9.37. The summed E-state index contributed by atoms with van der Waals surface area (Å²) in [5, 5.41) is 16.5. The molecule has 0 spiro atoms. The molecule has 6 heteroatoms. The van der Waals surface area contributed by atoms with Gasteiger partial charge >= 0.3 is 5.97 Å². The molecule has 0 unspecified atom stereocenters. The van der Waals surface area contributed by atoms with Gasteiger partial charge in [0.25, 0.3) is 0 Å². The molecule has 0 radical (unpaired) electrons. The van der Waals surface area contributed by atoms with Gasteiger partial charge in [0.2, 0.25) is 0 Å². The smallest absolute Gasteiger partial charge is 0.303 e. The first kappa shape index (κ1) is 19.9. The summed E-state index contributed by atoms with van der Waals surface area (Å²) < 4.78 is 0. The van der Waals surface area contributed by atoms with Crippen LogP contribution in [0.25, 0.3) is 11.3 Å². The van der Waals surface area contributed by atoms with Crippen LogP contribution in [0.15, 0.2) is 17.5 Å². The molecule has 0 saturated heterocycles. The number of aromatic nitrogens is 1. The zero-order valence-electron chi connectivity index (χ0n) is 16.0. The van der Waals surface area contributed by atoms with E-state index in [-0.39, 0.29) is 0 Å². The molecule has 4 nitrogen and oxygen atoms in total. The molecular formula is C22H27ClN2O2S. The summed E-state index contributed by atoms with van der Waals surface area (Å²) in [6.45, 7) is 2.03. The number of fused-ring (bicyclic) bond motifs is 1. The molecule has 2 heterocycles. The first-order chi connectivity index (χ1) is 13.6. The van der Waals surface area contributed by atoms with Crippen molar-refractivity contribution < 1.29 is 9.90 Å². The zero-order chi connectivity index (χ0) is 19.5. The van der Waals surface area contributed by atoms with Crippen LogP contribution in [0, 0.1) is 5.92 Å². The number of nitrogens with one attached hydrogen (secondary N) is 1. The van der Waals surface area contributed by atoms with Gasteiger partial charge in [-0.3, -0.25) is 4.79 Å².